The van der Waals surface area contributed by atoms with Crippen LogP contribution >= 0.6 is 0 Å². The van der Waals surface area contributed by atoms with Gasteiger partial charge < -0.3 is 25.4 Å². The Bertz CT molecular complexity index is 879. The molecule has 1 fully saturated rings. The number of ether oxygens (including phenoxy) is 1. The highest BCUT2D eigenvalue weighted by Crippen LogP contribution is 2.18. The number of hydrogen-bond donors (Lipinski definition) is 4. The van der Waals surface area contributed by atoms with Crippen molar-refractivity contribution in [2.45, 2.75) is 57.1 Å². The van der Waals surface area contributed by atoms with Crippen LogP contribution in [0.3, 0.4) is 0 Å². The molecule has 34 heavy (non-hydrogen) atoms. The zero-order valence-electron chi connectivity index (χ0n) is 19.2. The van der Waals surface area contributed by atoms with Crippen molar-refractivity contribution in [1.82, 2.24) is 5.32 Å². The van der Waals surface area contributed by atoms with E-state index in [9.17, 15) is 9.90 Å². The third-order valence-electron chi connectivity index (χ3n) is 5.53. The standard InChI is InChI=1S/C24H31NO3.C2H2O4/c26-22(17-25-21-11-7-2-1-3-8-12-21)18-28-23-15-13-20(14-16-23)24(27)19-9-5-4-6-10-19;3-1(4)2(5)6/h4-6,9-10,13-16,21-22,25-26H,1-3,7-8,11-12,17-18H2;(H,3,4)(H,5,6). The lowest BCUT2D eigenvalue weighted by molar-refractivity contribution is -0.159. The Morgan fingerprint density at radius 1 is 0.824 bits per heavy atom. The number of hydrogen-bond acceptors (Lipinski definition) is 6. The first kappa shape index (κ1) is 27.0. The van der Waals surface area contributed by atoms with E-state index in [0.717, 1.165) is 0 Å². The number of rotatable bonds is 8. The zero-order chi connectivity index (χ0) is 24.8. The fourth-order valence-corrected chi connectivity index (χ4v) is 3.67. The molecule has 2 aromatic carbocycles. The molecule has 0 aromatic heterocycles. The molecule has 0 heterocycles. The lowest BCUT2D eigenvalue weighted by atomic mass is 9.96. The normalized spacial score (nSPS) is 15.1. The molecule has 0 amide bonds. The molecule has 1 aliphatic carbocycles. The van der Waals surface area contributed by atoms with Crippen LogP contribution in [0, 0.1) is 0 Å². The van der Waals surface area contributed by atoms with Gasteiger partial charge in [0.15, 0.2) is 5.78 Å². The second-order valence-corrected chi connectivity index (χ2v) is 8.24. The van der Waals surface area contributed by atoms with Crippen LogP contribution in [0.15, 0.2) is 54.6 Å². The van der Waals surface area contributed by atoms with Gasteiger partial charge in [0, 0.05) is 23.7 Å². The summed E-state index contributed by atoms with van der Waals surface area (Å²) in [6.07, 6.45) is 8.42. The number of nitrogens with one attached hydrogen (secondary N) is 1. The summed E-state index contributed by atoms with van der Waals surface area (Å²) in [5.74, 6) is -2.99. The van der Waals surface area contributed by atoms with Crippen LogP contribution in [-0.4, -0.2) is 58.3 Å². The molecule has 0 saturated heterocycles. The van der Waals surface area contributed by atoms with Crippen molar-refractivity contribution < 1.29 is 34.4 Å². The number of carbonyl (C=O) groups excluding carboxylic acids is 1. The van der Waals surface area contributed by atoms with Crippen molar-refractivity contribution in [2.24, 2.45) is 0 Å². The van der Waals surface area contributed by atoms with Crippen molar-refractivity contribution in [2.75, 3.05) is 13.2 Å². The highest BCUT2D eigenvalue weighted by Gasteiger charge is 2.14. The van der Waals surface area contributed by atoms with E-state index in [4.69, 9.17) is 24.5 Å². The highest BCUT2D eigenvalue weighted by molar-refractivity contribution is 6.27. The fraction of sp³-hybridized carbons (Fsp3) is 0.423. The van der Waals surface area contributed by atoms with Crippen LogP contribution < -0.4 is 10.1 Å². The number of carboxylic acid groups (broad SMARTS) is 2. The van der Waals surface area contributed by atoms with Gasteiger partial charge in [-0.1, -0.05) is 62.4 Å². The molecule has 0 aliphatic heterocycles. The second-order valence-electron chi connectivity index (χ2n) is 8.24. The number of carbonyl (C=O) groups is 3. The van der Waals surface area contributed by atoms with Crippen molar-refractivity contribution in [3.63, 3.8) is 0 Å². The van der Waals surface area contributed by atoms with Gasteiger partial charge in [-0.3, -0.25) is 4.79 Å². The maximum absolute atomic E-state index is 12.4. The Morgan fingerprint density at radius 3 is 1.91 bits per heavy atom. The van der Waals surface area contributed by atoms with Crippen LogP contribution in [0.25, 0.3) is 0 Å². The quantitative estimate of drug-likeness (QED) is 0.340. The second kappa shape index (κ2) is 14.8. The molecule has 3 rings (SSSR count). The first-order valence-electron chi connectivity index (χ1n) is 11.6. The van der Waals surface area contributed by atoms with Crippen molar-refractivity contribution in [3.05, 3.63) is 65.7 Å². The summed E-state index contributed by atoms with van der Waals surface area (Å²) in [4.78, 5) is 30.6. The van der Waals surface area contributed by atoms with Gasteiger partial charge in [0.05, 0.1) is 0 Å². The minimum absolute atomic E-state index is 0.00409. The van der Waals surface area contributed by atoms with E-state index in [1.54, 1.807) is 24.3 Å². The number of ketones is 1. The third-order valence-corrected chi connectivity index (χ3v) is 5.53. The van der Waals surface area contributed by atoms with Gasteiger partial charge in [-0.05, 0) is 37.1 Å². The maximum atomic E-state index is 12.4. The lowest BCUT2D eigenvalue weighted by Crippen LogP contribution is -2.38. The number of aliphatic hydroxyl groups is 1. The zero-order valence-corrected chi connectivity index (χ0v) is 19.2. The maximum Gasteiger partial charge on any atom is 0.414 e. The van der Waals surface area contributed by atoms with Crippen molar-refractivity contribution in [1.29, 1.82) is 0 Å². The molecular weight excluding hydrogens is 438 g/mol. The Labute approximate surface area is 199 Å². The van der Waals surface area contributed by atoms with E-state index < -0.39 is 18.0 Å². The Hall–Kier alpha value is -3.23. The number of benzene rings is 2. The molecule has 1 saturated carbocycles. The van der Waals surface area contributed by atoms with Crippen molar-refractivity contribution in [3.8, 4) is 5.75 Å². The van der Waals surface area contributed by atoms with Crippen LogP contribution in [0.1, 0.15) is 60.9 Å². The third kappa shape index (κ3) is 10.1. The molecule has 8 heteroatoms. The molecule has 0 radical (unpaired) electrons. The first-order chi connectivity index (χ1) is 16.4. The summed E-state index contributed by atoms with van der Waals surface area (Å²) in [7, 11) is 0. The van der Waals surface area contributed by atoms with Gasteiger partial charge in [0.25, 0.3) is 0 Å². The van der Waals surface area contributed by atoms with Crippen LogP contribution in [0.5, 0.6) is 5.75 Å². The molecule has 184 valence electrons. The van der Waals surface area contributed by atoms with Gasteiger partial charge in [0.1, 0.15) is 18.5 Å². The highest BCUT2D eigenvalue weighted by atomic mass is 16.5. The van der Waals surface area contributed by atoms with Crippen LogP contribution in [0.2, 0.25) is 0 Å². The Morgan fingerprint density at radius 2 is 1.35 bits per heavy atom. The monoisotopic (exact) mass is 471 g/mol. The molecule has 0 bridgehead atoms. The van der Waals surface area contributed by atoms with Gasteiger partial charge in [-0.2, -0.15) is 0 Å². The molecule has 1 aliphatic rings. The smallest absolute Gasteiger partial charge is 0.414 e. The Balaban J connectivity index is 0.000000604. The van der Waals surface area contributed by atoms with Gasteiger partial charge >= 0.3 is 11.9 Å². The topological polar surface area (TPSA) is 133 Å². The molecule has 8 nitrogen and oxygen atoms in total. The summed E-state index contributed by atoms with van der Waals surface area (Å²) in [5, 5.41) is 28.5. The fourth-order valence-electron chi connectivity index (χ4n) is 3.67. The molecule has 2 aromatic rings. The Kier molecular flexibility index (Phi) is 11.8. The van der Waals surface area contributed by atoms with Gasteiger partial charge in [0.2, 0.25) is 0 Å². The SMILES string of the molecule is O=C(O)C(=O)O.O=C(c1ccccc1)c1ccc(OCC(O)CNC2CCCCCCC2)cc1. The average molecular weight is 472 g/mol. The summed E-state index contributed by atoms with van der Waals surface area (Å²) in [6.45, 7) is 0.793. The van der Waals surface area contributed by atoms with E-state index in [1.807, 2.05) is 30.3 Å². The van der Waals surface area contributed by atoms with Crippen LogP contribution in [0.4, 0.5) is 0 Å². The van der Waals surface area contributed by atoms with Crippen molar-refractivity contribution >= 4 is 17.7 Å². The summed E-state index contributed by atoms with van der Waals surface area (Å²) in [5.41, 5.74) is 1.30. The molecule has 0 spiro atoms. The molecular formula is C26H33NO7. The lowest BCUT2D eigenvalue weighted by Gasteiger charge is -2.22. The summed E-state index contributed by atoms with van der Waals surface area (Å²) >= 11 is 0. The largest absolute Gasteiger partial charge is 0.491 e. The predicted octanol–water partition coefficient (Wildman–Crippen LogP) is 3.52. The predicted molar refractivity (Wildman–Crippen MR) is 127 cm³/mol. The van der Waals surface area contributed by atoms with E-state index in [0.29, 0.717) is 29.5 Å². The minimum atomic E-state index is -1.82. The van der Waals surface area contributed by atoms with Crippen LogP contribution in [-0.2, 0) is 9.59 Å². The number of aliphatic hydroxyl groups excluding tert-OH is 1. The molecule has 4 N–H and O–H groups in total. The first-order valence-corrected chi connectivity index (χ1v) is 11.6. The number of carboxylic acids is 2. The van der Waals surface area contributed by atoms with E-state index >= 15 is 0 Å². The summed E-state index contributed by atoms with van der Waals surface area (Å²) < 4.78 is 5.69. The van der Waals surface area contributed by atoms with E-state index in [1.165, 1.54) is 44.9 Å². The minimum Gasteiger partial charge on any atom is -0.491 e. The number of aliphatic carboxylic acids is 2. The van der Waals surface area contributed by atoms with Gasteiger partial charge in [-0.15, -0.1) is 0 Å². The van der Waals surface area contributed by atoms with E-state index in [-0.39, 0.29) is 12.4 Å². The average Bonchev–Trinajstić information content (AvgIpc) is 2.83. The molecule has 1 atom stereocenters. The summed E-state index contributed by atoms with van der Waals surface area (Å²) in [6, 6.07) is 16.8. The molecule has 1 unspecified atom stereocenters. The van der Waals surface area contributed by atoms with Gasteiger partial charge in [-0.25, -0.2) is 9.59 Å². The van der Waals surface area contributed by atoms with E-state index in [2.05, 4.69) is 5.32 Å².